The summed E-state index contributed by atoms with van der Waals surface area (Å²) in [4.78, 5) is 11.2. The van der Waals surface area contributed by atoms with Gasteiger partial charge in [-0.25, -0.2) is 0 Å². The Morgan fingerprint density at radius 1 is 1.28 bits per heavy atom. The highest BCUT2D eigenvalue weighted by Gasteiger charge is 2.20. The van der Waals surface area contributed by atoms with Gasteiger partial charge in [-0.3, -0.25) is 14.9 Å². The van der Waals surface area contributed by atoms with Gasteiger partial charge in [0.2, 0.25) is 0 Å². The third kappa shape index (κ3) is 7.31. The van der Waals surface area contributed by atoms with Crippen molar-refractivity contribution >= 4 is 41.5 Å². The molecule has 0 unspecified atom stereocenters. The fourth-order valence-electron chi connectivity index (χ4n) is 3.39. The predicted molar refractivity (Wildman–Crippen MR) is 129 cm³/mol. The Hall–Kier alpha value is -1.58. The van der Waals surface area contributed by atoms with Crippen molar-refractivity contribution in [3.63, 3.8) is 0 Å². The van der Waals surface area contributed by atoms with Crippen molar-refractivity contribution < 1.29 is 4.74 Å². The summed E-state index contributed by atoms with van der Waals surface area (Å²) < 4.78 is 5.41. The third-order valence-corrected chi connectivity index (χ3v) is 5.19. The molecule has 1 aromatic carbocycles. The van der Waals surface area contributed by atoms with Crippen molar-refractivity contribution in [1.29, 1.82) is 0 Å². The Morgan fingerprint density at radius 3 is 2.72 bits per heavy atom. The monoisotopic (exact) mass is 529 g/mol. The van der Waals surface area contributed by atoms with E-state index >= 15 is 0 Å². The number of halogens is 2. The number of benzene rings is 1. The number of aliphatic imine (C=N–C) groups is 1. The Kier molecular flexibility index (Phi) is 9.96. The van der Waals surface area contributed by atoms with Crippen molar-refractivity contribution in [2.75, 3.05) is 27.2 Å². The first kappa shape index (κ1) is 23.7. The van der Waals surface area contributed by atoms with Gasteiger partial charge in [-0.15, -0.1) is 24.0 Å². The molecule has 1 saturated heterocycles. The van der Waals surface area contributed by atoms with E-state index in [2.05, 4.69) is 31.6 Å². The molecule has 0 spiro atoms. The van der Waals surface area contributed by atoms with Gasteiger partial charge in [0.25, 0.3) is 0 Å². The number of hydrogen-bond acceptors (Lipinski definition) is 4. The number of rotatable bonds is 6. The number of methoxy groups -OCH3 is 1. The highest BCUT2D eigenvalue weighted by molar-refractivity contribution is 14.0. The first-order valence-electron chi connectivity index (χ1n) is 9.60. The molecular weight excluding hydrogens is 501 g/mol. The quantitative estimate of drug-likeness (QED) is 0.340. The molecule has 158 valence electrons. The van der Waals surface area contributed by atoms with Gasteiger partial charge >= 0.3 is 0 Å². The number of piperidine rings is 1. The lowest BCUT2D eigenvalue weighted by atomic mass is 10.0. The van der Waals surface area contributed by atoms with E-state index < -0.39 is 0 Å². The Morgan fingerprint density at radius 2 is 2.07 bits per heavy atom. The smallest absolute Gasteiger partial charge is 0.191 e. The molecule has 0 saturated carbocycles. The standard InChI is InChI=1S/C21H28ClN5O.HI/c1-23-21(25-14-16-6-7-17(22)13-20(16)28-2)26-18-8-11-27(12-9-18)15-19-5-3-4-10-24-19;/h3-7,10,13,18H,8-9,11-12,14-15H2,1-2H3,(H2,23,25,26);1H. The minimum Gasteiger partial charge on any atom is -0.496 e. The lowest BCUT2D eigenvalue weighted by Crippen LogP contribution is -2.48. The fourth-order valence-corrected chi connectivity index (χ4v) is 3.55. The van der Waals surface area contributed by atoms with Gasteiger partial charge in [0, 0.05) is 56.1 Å². The number of aromatic nitrogens is 1. The number of nitrogens with one attached hydrogen (secondary N) is 2. The largest absolute Gasteiger partial charge is 0.496 e. The summed E-state index contributed by atoms with van der Waals surface area (Å²) in [6.07, 6.45) is 4.02. The van der Waals surface area contributed by atoms with Gasteiger partial charge < -0.3 is 15.4 Å². The Labute approximate surface area is 195 Å². The zero-order chi connectivity index (χ0) is 19.8. The van der Waals surface area contributed by atoms with E-state index in [0.717, 1.165) is 55.4 Å². The molecule has 3 rings (SSSR count). The maximum absolute atomic E-state index is 6.03. The summed E-state index contributed by atoms with van der Waals surface area (Å²) >= 11 is 6.03. The molecule has 2 aromatic rings. The molecule has 0 bridgehead atoms. The van der Waals surface area contributed by atoms with Gasteiger partial charge in [-0.05, 0) is 37.1 Å². The summed E-state index contributed by atoms with van der Waals surface area (Å²) in [6, 6.07) is 12.2. The maximum Gasteiger partial charge on any atom is 0.191 e. The lowest BCUT2D eigenvalue weighted by Gasteiger charge is -2.32. The van der Waals surface area contributed by atoms with Crippen LogP contribution in [0.1, 0.15) is 24.1 Å². The molecule has 1 fully saturated rings. The summed E-state index contributed by atoms with van der Waals surface area (Å²) in [5.74, 6) is 1.58. The average Bonchev–Trinajstić information content (AvgIpc) is 2.73. The molecule has 0 radical (unpaired) electrons. The van der Waals surface area contributed by atoms with Gasteiger partial charge in [-0.1, -0.05) is 23.7 Å². The van der Waals surface area contributed by atoms with Crippen LogP contribution in [0.2, 0.25) is 5.02 Å². The predicted octanol–water partition coefficient (Wildman–Crippen LogP) is 3.69. The number of guanidine groups is 1. The summed E-state index contributed by atoms with van der Waals surface area (Å²) in [5.41, 5.74) is 2.17. The molecule has 0 amide bonds. The van der Waals surface area contributed by atoms with Crippen LogP contribution < -0.4 is 15.4 Å². The molecular formula is C21H29ClIN5O. The van der Waals surface area contributed by atoms with Gasteiger partial charge in [0.15, 0.2) is 5.96 Å². The molecule has 1 aromatic heterocycles. The van der Waals surface area contributed by atoms with Crippen molar-refractivity contribution in [1.82, 2.24) is 20.5 Å². The SMILES string of the molecule is CN=C(NCc1ccc(Cl)cc1OC)NC1CCN(Cc2ccccn2)CC1.I. The number of pyridine rings is 1. The van der Waals surface area contributed by atoms with Crippen LogP contribution in [0.5, 0.6) is 5.75 Å². The molecule has 8 heteroatoms. The van der Waals surface area contributed by atoms with E-state index in [9.17, 15) is 0 Å². The van der Waals surface area contributed by atoms with Crippen LogP contribution in [0.3, 0.4) is 0 Å². The zero-order valence-electron chi connectivity index (χ0n) is 16.9. The summed E-state index contributed by atoms with van der Waals surface area (Å²) in [6.45, 7) is 3.64. The number of nitrogens with zero attached hydrogens (tertiary/aromatic N) is 3. The van der Waals surface area contributed by atoms with Crippen LogP contribution in [-0.4, -0.2) is 49.1 Å². The minimum absolute atomic E-state index is 0. The molecule has 1 aliphatic rings. The van der Waals surface area contributed by atoms with Crippen LogP contribution in [0, 0.1) is 0 Å². The van der Waals surface area contributed by atoms with Gasteiger partial charge in [-0.2, -0.15) is 0 Å². The van der Waals surface area contributed by atoms with E-state index in [0.29, 0.717) is 17.6 Å². The third-order valence-electron chi connectivity index (χ3n) is 4.96. The first-order valence-corrected chi connectivity index (χ1v) is 9.97. The summed E-state index contributed by atoms with van der Waals surface area (Å²) in [5, 5.41) is 7.58. The summed E-state index contributed by atoms with van der Waals surface area (Å²) in [7, 11) is 3.45. The number of hydrogen-bond donors (Lipinski definition) is 2. The minimum atomic E-state index is 0. The van der Waals surface area contributed by atoms with Crippen LogP contribution in [0.4, 0.5) is 0 Å². The van der Waals surface area contributed by atoms with E-state index in [1.165, 1.54) is 0 Å². The van der Waals surface area contributed by atoms with Crippen molar-refractivity contribution in [2.24, 2.45) is 4.99 Å². The molecule has 2 heterocycles. The van der Waals surface area contributed by atoms with E-state index in [-0.39, 0.29) is 24.0 Å². The lowest BCUT2D eigenvalue weighted by molar-refractivity contribution is 0.196. The van der Waals surface area contributed by atoms with Crippen molar-refractivity contribution in [3.05, 3.63) is 58.9 Å². The van der Waals surface area contributed by atoms with Crippen LogP contribution in [-0.2, 0) is 13.1 Å². The highest BCUT2D eigenvalue weighted by Crippen LogP contribution is 2.22. The Balaban J connectivity index is 0.00000300. The van der Waals surface area contributed by atoms with Gasteiger partial charge in [0.05, 0.1) is 12.8 Å². The molecule has 1 aliphatic heterocycles. The topological polar surface area (TPSA) is 61.8 Å². The zero-order valence-corrected chi connectivity index (χ0v) is 20.0. The highest BCUT2D eigenvalue weighted by atomic mass is 127. The molecule has 29 heavy (non-hydrogen) atoms. The van der Waals surface area contributed by atoms with Crippen LogP contribution >= 0.6 is 35.6 Å². The average molecular weight is 530 g/mol. The second-order valence-corrected chi connectivity index (χ2v) is 7.33. The van der Waals surface area contributed by atoms with E-state index in [1.54, 1.807) is 14.2 Å². The molecule has 0 atom stereocenters. The van der Waals surface area contributed by atoms with Crippen molar-refractivity contribution in [3.8, 4) is 5.75 Å². The van der Waals surface area contributed by atoms with E-state index in [4.69, 9.17) is 16.3 Å². The molecule has 2 N–H and O–H groups in total. The normalized spacial score (nSPS) is 15.5. The number of likely N-dealkylation sites (tertiary alicyclic amines) is 1. The molecule has 6 nitrogen and oxygen atoms in total. The van der Waals surface area contributed by atoms with Crippen LogP contribution in [0.15, 0.2) is 47.6 Å². The van der Waals surface area contributed by atoms with Gasteiger partial charge in [0.1, 0.15) is 5.75 Å². The molecule has 0 aliphatic carbocycles. The second kappa shape index (κ2) is 12.2. The second-order valence-electron chi connectivity index (χ2n) is 6.90. The van der Waals surface area contributed by atoms with Crippen molar-refractivity contribution in [2.45, 2.75) is 32.0 Å². The van der Waals surface area contributed by atoms with Crippen LogP contribution in [0.25, 0.3) is 0 Å². The first-order chi connectivity index (χ1) is 13.7. The number of ether oxygens (including phenoxy) is 1. The fraction of sp³-hybridized carbons (Fsp3) is 0.429. The van der Waals surface area contributed by atoms with E-state index in [1.807, 2.05) is 36.5 Å². The Bertz CT molecular complexity index is 782. The maximum atomic E-state index is 6.03.